The van der Waals surface area contributed by atoms with Crippen molar-refractivity contribution in [1.82, 2.24) is 5.32 Å². The molecule has 4 heteroatoms. The van der Waals surface area contributed by atoms with Gasteiger partial charge in [-0.25, -0.2) is 4.39 Å². The third kappa shape index (κ3) is 6.36. The van der Waals surface area contributed by atoms with Crippen molar-refractivity contribution in [3.05, 3.63) is 28.5 Å². The Morgan fingerprint density at radius 2 is 2.11 bits per heavy atom. The van der Waals surface area contributed by atoms with Crippen LogP contribution < -0.4 is 10.1 Å². The molecule has 102 valence electrons. The van der Waals surface area contributed by atoms with Crippen LogP contribution in [0.3, 0.4) is 0 Å². The van der Waals surface area contributed by atoms with Gasteiger partial charge in [0.05, 0.1) is 11.1 Å². The van der Waals surface area contributed by atoms with Gasteiger partial charge in [0.25, 0.3) is 0 Å². The molecule has 2 nitrogen and oxygen atoms in total. The normalized spacial score (nSPS) is 10.9. The van der Waals surface area contributed by atoms with Crippen LogP contribution in [0.15, 0.2) is 22.7 Å². The predicted octanol–water partition coefficient (Wildman–Crippen LogP) is 3.99. The molecule has 0 saturated carbocycles. The van der Waals surface area contributed by atoms with Crippen LogP contribution in [-0.4, -0.2) is 19.7 Å². The zero-order valence-corrected chi connectivity index (χ0v) is 12.6. The van der Waals surface area contributed by atoms with E-state index in [-0.39, 0.29) is 5.82 Å². The number of ether oxygens (including phenoxy) is 1. The van der Waals surface area contributed by atoms with E-state index in [2.05, 4.69) is 35.1 Å². The monoisotopic (exact) mass is 317 g/mol. The highest BCUT2D eigenvalue weighted by molar-refractivity contribution is 9.10. The van der Waals surface area contributed by atoms with Gasteiger partial charge >= 0.3 is 0 Å². The molecule has 0 aliphatic rings. The number of unbranched alkanes of at least 4 members (excludes halogenated alkanes) is 1. The van der Waals surface area contributed by atoms with E-state index in [1.807, 2.05) is 0 Å². The minimum atomic E-state index is -0.257. The Morgan fingerprint density at radius 3 is 2.78 bits per heavy atom. The molecule has 1 aromatic rings. The van der Waals surface area contributed by atoms with E-state index >= 15 is 0 Å². The molecule has 0 spiro atoms. The third-order valence-corrected chi connectivity index (χ3v) is 3.07. The van der Waals surface area contributed by atoms with Gasteiger partial charge < -0.3 is 10.1 Å². The van der Waals surface area contributed by atoms with E-state index in [0.29, 0.717) is 22.7 Å². The Morgan fingerprint density at radius 1 is 1.33 bits per heavy atom. The molecule has 0 fully saturated rings. The van der Waals surface area contributed by atoms with Gasteiger partial charge in [-0.05, 0) is 66.0 Å². The average molecular weight is 318 g/mol. The fourth-order valence-corrected chi connectivity index (χ4v) is 1.98. The van der Waals surface area contributed by atoms with E-state index in [1.165, 1.54) is 12.1 Å². The molecule has 0 aromatic heterocycles. The summed E-state index contributed by atoms with van der Waals surface area (Å²) in [6.07, 6.45) is 2.08. The molecular weight excluding hydrogens is 297 g/mol. The van der Waals surface area contributed by atoms with Crippen LogP contribution in [0, 0.1) is 11.7 Å². The van der Waals surface area contributed by atoms with Crippen LogP contribution in [0.4, 0.5) is 4.39 Å². The lowest BCUT2D eigenvalue weighted by molar-refractivity contribution is 0.303. The van der Waals surface area contributed by atoms with Gasteiger partial charge in [-0.15, -0.1) is 0 Å². The second-order valence-electron chi connectivity index (χ2n) is 4.73. The van der Waals surface area contributed by atoms with Crippen LogP contribution >= 0.6 is 15.9 Å². The molecule has 0 heterocycles. The smallest absolute Gasteiger partial charge is 0.133 e. The molecule has 1 N–H and O–H groups in total. The maximum atomic E-state index is 12.8. The Labute approximate surface area is 117 Å². The summed E-state index contributed by atoms with van der Waals surface area (Å²) in [5.74, 6) is 1.13. The number of rotatable bonds is 8. The van der Waals surface area contributed by atoms with Gasteiger partial charge in [-0.2, -0.15) is 0 Å². The summed E-state index contributed by atoms with van der Waals surface area (Å²) in [7, 11) is 0. The van der Waals surface area contributed by atoms with Gasteiger partial charge in [0.2, 0.25) is 0 Å². The van der Waals surface area contributed by atoms with Gasteiger partial charge in [0, 0.05) is 0 Å². The molecule has 0 aliphatic carbocycles. The summed E-state index contributed by atoms with van der Waals surface area (Å²) in [5, 5.41) is 3.39. The van der Waals surface area contributed by atoms with E-state index in [4.69, 9.17) is 4.74 Å². The maximum absolute atomic E-state index is 12.8. The van der Waals surface area contributed by atoms with Gasteiger partial charge in [0.15, 0.2) is 0 Å². The summed E-state index contributed by atoms with van der Waals surface area (Å²) >= 11 is 3.28. The highest BCUT2D eigenvalue weighted by Gasteiger charge is 2.02. The fraction of sp³-hybridized carbons (Fsp3) is 0.571. The molecule has 1 rings (SSSR count). The Kier molecular flexibility index (Phi) is 7.28. The number of nitrogens with one attached hydrogen (secondary N) is 1. The van der Waals surface area contributed by atoms with Crippen molar-refractivity contribution in [3.8, 4) is 5.75 Å². The Bertz CT molecular complexity index is 358. The van der Waals surface area contributed by atoms with Crippen LogP contribution in [0.2, 0.25) is 0 Å². The van der Waals surface area contributed by atoms with Crippen LogP contribution in [0.1, 0.15) is 26.7 Å². The van der Waals surface area contributed by atoms with E-state index in [0.717, 1.165) is 25.9 Å². The van der Waals surface area contributed by atoms with Crippen LogP contribution in [0.25, 0.3) is 0 Å². The zero-order chi connectivity index (χ0) is 13.4. The second-order valence-corrected chi connectivity index (χ2v) is 5.58. The number of halogens is 2. The van der Waals surface area contributed by atoms with E-state index in [1.54, 1.807) is 6.07 Å². The van der Waals surface area contributed by atoms with Crippen molar-refractivity contribution in [2.24, 2.45) is 5.92 Å². The summed E-state index contributed by atoms with van der Waals surface area (Å²) in [6, 6.07) is 4.47. The number of hydrogen-bond acceptors (Lipinski definition) is 2. The Balaban J connectivity index is 2.11. The molecule has 0 bridgehead atoms. The molecule has 0 radical (unpaired) electrons. The minimum absolute atomic E-state index is 0.257. The van der Waals surface area contributed by atoms with E-state index < -0.39 is 0 Å². The van der Waals surface area contributed by atoms with Crippen molar-refractivity contribution in [2.45, 2.75) is 26.7 Å². The quantitative estimate of drug-likeness (QED) is 0.732. The average Bonchev–Trinajstić information content (AvgIpc) is 2.30. The molecular formula is C14H21BrFNO. The fourth-order valence-electron chi connectivity index (χ4n) is 1.52. The molecule has 18 heavy (non-hydrogen) atoms. The van der Waals surface area contributed by atoms with Crippen LogP contribution in [0.5, 0.6) is 5.75 Å². The summed E-state index contributed by atoms with van der Waals surface area (Å²) < 4.78 is 19.1. The summed E-state index contributed by atoms with van der Waals surface area (Å²) in [4.78, 5) is 0. The Hall–Kier alpha value is -0.610. The first-order valence-corrected chi connectivity index (χ1v) is 7.17. The molecule has 0 unspecified atom stereocenters. The maximum Gasteiger partial charge on any atom is 0.133 e. The largest absolute Gasteiger partial charge is 0.492 e. The van der Waals surface area contributed by atoms with Crippen molar-refractivity contribution < 1.29 is 9.13 Å². The lowest BCUT2D eigenvalue weighted by Gasteiger charge is -2.09. The van der Waals surface area contributed by atoms with Gasteiger partial charge in [0.1, 0.15) is 11.6 Å². The third-order valence-electron chi connectivity index (χ3n) is 2.45. The number of hydrogen-bond donors (Lipinski definition) is 1. The lowest BCUT2D eigenvalue weighted by atomic mass is 10.2. The van der Waals surface area contributed by atoms with Crippen molar-refractivity contribution in [3.63, 3.8) is 0 Å². The molecule has 0 saturated heterocycles. The standard InChI is InChI=1S/C14H21BrFNO/c1-11(2)10-17-7-3-4-8-18-14-6-5-12(16)9-13(14)15/h5-6,9,11,17H,3-4,7-8,10H2,1-2H3. The molecule has 0 aliphatic heterocycles. The molecule has 0 atom stereocenters. The summed E-state index contributed by atoms with van der Waals surface area (Å²) in [5.41, 5.74) is 0. The van der Waals surface area contributed by atoms with Gasteiger partial charge in [-0.1, -0.05) is 13.8 Å². The van der Waals surface area contributed by atoms with E-state index in [9.17, 15) is 4.39 Å². The first-order valence-electron chi connectivity index (χ1n) is 6.38. The molecule has 0 amide bonds. The van der Waals surface area contributed by atoms with Crippen molar-refractivity contribution >= 4 is 15.9 Å². The first-order chi connectivity index (χ1) is 8.59. The van der Waals surface area contributed by atoms with Gasteiger partial charge in [-0.3, -0.25) is 0 Å². The highest BCUT2D eigenvalue weighted by Crippen LogP contribution is 2.25. The highest BCUT2D eigenvalue weighted by atomic mass is 79.9. The lowest BCUT2D eigenvalue weighted by Crippen LogP contribution is -2.21. The summed E-state index contributed by atoms with van der Waals surface area (Å²) in [6.45, 7) is 7.13. The van der Waals surface area contributed by atoms with Crippen molar-refractivity contribution in [1.29, 1.82) is 0 Å². The minimum Gasteiger partial charge on any atom is -0.492 e. The topological polar surface area (TPSA) is 21.3 Å². The zero-order valence-electron chi connectivity index (χ0n) is 11.0. The predicted molar refractivity (Wildman–Crippen MR) is 76.5 cm³/mol. The first kappa shape index (κ1) is 15.4. The number of benzene rings is 1. The van der Waals surface area contributed by atoms with Crippen LogP contribution in [-0.2, 0) is 0 Å². The molecule has 1 aromatic carbocycles. The SMILES string of the molecule is CC(C)CNCCCCOc1ccc(F)cc1Br. The second kappa shape index (κ2) is 8.48. The van der Waals surface area contributed by atoms with Crippen molar-refractivity contribution in [2.75, 3.05) is 19.7 Å².